The smallest absolute Gasteiger partial charge is 0.405 e. The fourth-order valence-corrected chi connectivity index (χ4v) is 1.67. The Morgan fingerprint density at radius 3 is 2.54 bits per heavy atom. The molecule has 1 aromatic heterocycles. The first kappa shape index (κ1) is 17.3. The van der Waals surface area contributed by atoms with Crippen LogP contribution in [0.5, 0.6) is 0 Å². The van der Waals surface area contributed by atoms with E-state index in [2.05, 4.69) is 4.74 Å². The topological polar surface area (TPSA) is 97.6 Å². The summed E-state index contributed by atoms with van der Waals surface area (Å²) in [5.74, 6) is -2.18. The number of furan rings is 1. The van der Waals surface area contributed by atoms with Crippen LogP contribution in [0.25, 0.3) is 11.0 Å². The van der Waals surface area contributed by atoms with Crippen LogP contribution in [-0.2, 0) is 9.53 Å². The molecule has 128 valence electrons. The van der Waals surface area contributed by atoms with E-state index in [1.807, 2.05) is 0 Å². The van der Waals surface area contributed by atoms with Crippen molar-refractivity contribution >= 4 is 28.9 Å². The van der Waals surface area contributed by atoms with Crippen LogP contribution in [0.3, 0.4) is 0 Å². The third-order valence-electron chi connectivity index (χ3n) is 2.66. The number of urea groups is 1. The molecule has 0 spiro atoms. The van der Waals surface area contributed by atoms with E-state index >= 15 is 0 Å². The average molecular weight is 344 g/mol. The zero-order valence-corrected chi connectivity index (χ0v) is 12.0. The van der Waals surface area contributed by atoms with Gasteiger partial charge in [-0.15, -0.1) is 0 Å². The maximum absolute atomic E-state index is 11.9. The predicted molar refractivity (Wildman–Crippen MR) is 74.1 cm³/mol. The second kappa shape index (κ2) is 7.02. The number of amides is 3. The van der Waals surface area contributed by atoms with Gasteiger partial charge >= 0.3 is 18.2 Å². The molecule has 0 fully saturated rings. The van der Waals surface area contributed by atoms with Crippen molar-refractivity contribution in [1.29, 1.82) is 0 Å². The summed E-state index contributed by atoms with van der Waals surface area (Å²) in [6, 6.07) is 6.83. The van der Waals surface area contributed by atoms with Crippen LogP contribution in [-0.4, -0.2) is 37.2 Å². The van der Waals surface area contributed by atoms with Crippen molar-refractivity contribution in [2.24, 2.45) is 0 Å². The largest absolute Gasteiger partial charge is 0.450 e. The Morgan fingerprint density at radius 1 is 1.17 bits per heavy atom. The highest BCUT2D eigenvalue weighted by atomic mass is 19.4. The minimum atomic E-state index is -4.60. The molecule has 1 aromatic carbocycles. The Kier molecular flexibility index (Phi) is 5.07. The molecule has 3 amide bonds. The molecule has 0 atom stereocenters. The van der Waals surface area contributed by atoms with Gasteiger partial charge in [-0.25, -0.2) is 9.59 Å². The molecule has 0 bridgehead atoms. The number of esters is 1. The molecule has 0 saturated heterocycles. The number of para-hydroxylation sites is 1. The van der Waals surface area contributed by atoms with Gasteiger partial charge in [0, 0.05) is 5.39 Å². The minimum absolute atomic E-state index is 0.148. The van der Waals surface area contributed by atoms with Crippen molar-refractivity contribution in [3.8, 4) is 0 Å². The summed E-state index contributed by atoms with van der Waals surface area (Å²) in [5, 5.41) is 3.68. The molecule has 0 aliphatic rings. The summed E-state index contributed by atoms with van der Waals surface area (Å²) in [5.41, 5.74) is 0.445. The van der Waals surface area contributed by atoms with Crippen molar-refractivity contribution < 1.29 is 36.7 Å². The molecule has 0 aliphatic carbocycles. The molecule has 24 heavy (non-hydrogen) atoms. The van der Waals surface area contributed by atoms with Crippen LogP contribution in [0.1, 0.15) is 10.6 Å². The fraction of sp³-hybridized carbons (Fsp3) is 0.214. The van der Waals surface area contributed by atoms with Crippen molar-refractivity contribution in [1.82, 2.24) is 10.6 Å². The molecule has 1 heterocycles. The van der Waals surface area contributed by atoms with Gasteiger partial charge in [0.1, 0.15) is 12.1 Å². The van der Waals surface area contributed by atoms with Crippen LogP contribution in [0.15, 0.2) is 34.7 Å². The number of benzene rings is 1. The van der Waals surface area contributed by atoms with Crippen molar-refractivity contribution in [3.63, 3.8) is 0 Å². The van der Waals surface area contributed by atoms with Gasteiger partial charge in [-0.2, -0.15) is 13.2 Å². The van der Waals surface area contributed by atoms with Gasteiger partial charge in [0.2, 0.25) is 5.76 Å². The van der Waals surface area contributed by atoms with Crippen LogP contribution >= 0.6 is 0 Å². The number of nitrogens with one attached hydrogen (secondary N) is 2. The Bertz CT molecular complexity index is 736. The van der Waals surface area contributed by atoms with Gasteiger partial charge in [0.15, 0.2) is 6.61 Å². The molecule has 7 nitrogen and oxygen atoms in total. The monoisotopic (exact) mass is 344 g/mol. The molecule has 2 rings (SSSR count). The van der Waals surface area contributed by atoms with Crippen LogP contribution in [0, 0.1) is 0 Å². The lowest BCUT2D eigenvalue weighted by atomic mass is 10.2. The quantitative estimate of drug-likeness (QED) is 0.827. The maximum atomic E-state index is 11.9. The highest BCUT2D eigenvalue weighted by Crippen LogP contribution is 2.19. The summed E-state index contributed by atoms with van der Waals surface area (Å²) in [6.45, 7) is -2.44. The molecule has 0 aliphatic heterocycles. The van der Waals surface area contributed by atoms with Crippen molar-refractivity contribution in [3.05, 3.63) is 36.1 Å². The van der Waals surface area contributed by atoms with Crippen molar-refractivity contribution in [2.45, 2.75) is 6.18 Å². The van der Waals surface area contributed by atoms with Gasteiger partial charge in [0.05, 0.1) is 0 Å². The number of carbonyl (C=O) groups excluding carboxylic acids is 3. The van der Waals surface area contributed by atoms with E-state index in [0.29, 0.717) is 11.0 Å². The van der Waals surface area contributed by atoms with Gasteiger partial charge < -0.3 is 14.5 Å². The van der Waals surface area contributed by atoms with Crippen LogP contribution in [0.4, 0.5) is 18.0 Å². The molecule has 0 unspecified atom stereocenters. The van der Waals surface area contributed by atoms with E-state index in [4.69, 9.17) is 4.42 Å². The van der Waals surface area contributed by atoms with E-state index in [9.17, 15) is 27.6 Å². The number of imide groups is 1. The number of carbonyl (C=O) groups is 3. The lowest BCUT2D eigenvalue weighted by Crippen LogP contribution is -2.44. The number of ether oxygens (including phenoxy) is 1. The third kappa shape index (κ3) is 5.00. The molecule has 0 radical (unpaired) electrons. The van der Waals surface area contributed by atoms with Crippen LogP contribution in [0.2, 0.25) is 0 Å². The van der Waals surface area contributed by atoms with Gasteiger partial charge in [-0.05, 0) is 12.1 Å². The number of rotatable bonds is 4. The summed E-state index contributed by atoms with van der Waals surface area (Å²) in [4.78, 5) is 34.1. The predicted octanol–water partition coefficient (Wildman–Crippen LogP) is 1.98. The summed E-state index contributed by atoms with van der Waals surface area (Å²) in [7, 11) is 0. The molecule has 10 heteroatoms. The Labute approximate surface area is 132 Å². The number of hydrogen-bond donors (Lipinski definition) is 2. The summed E-state index contributed by atoms with van der Waals surface area (Å²) < 4.78 is 45.5. The number of halogens is 3. The first-order chi connectivity index (χ1) is 11.2. The van der Waals surface area contributed by atoms with Gasteiger partial charge in [-0.3, -0.25) is 10.1 Å². The minimum Gasteiger partial charge on any atom is -0.450 e. The number of fused-ring (bicyclic) bond motifs is 1. The standard InChI is InChI=1S/C14H11F3N2O5/c15-14(16,17)7-18-13(22)19-11(20)6-23-12(21)10-5-8-3-1-2-4-9(8)24-10/h1-5H,6-7H2,(H2,18,19,20,22). The highest BCUT2D eigenvalue weighted by Gasteiger charge is 2.28. The SMILES string of the molecule is O=C(COC(=O)c1cc2ccccc2o1)NC(=O)NCC(F)(F)F. The Balaban J connectivity index is 1.80. The summed E-state index contributed by atoms with van der Waals surface area (Å²) in [6.07, 6.45) is -4.60. The average Bonchev–Trinajstić information content (AvgIpc) is 2.94. The van der Waals surface area contributed by atoms with Crippen molar-refractivity contribution in [2.75, 3.05) is 13.2 Å². The van der Waals surface area contributed by atoms with E-state index in [-0.39, 0.29) is 5.76 Å². The second-order valence-corrected chi connectivity index (χ2v) is 4.57. The van der Waals surface area contributed by atoms with E-state index in [0.717, 1.165) is 0 Å². The zero-order valence-electron chi connectivity index (χ0n) is 12.0. The molecule has 2 N–H and O–H groups in total. The normalized spacial score (nSPS) is 11.1. The first-order valence-electron chi connectivity index (χ1n) is 6.55. The van der Waals surface area contributed by atoms with Gasteiger partial charge in [-0.1, -0.05) is 18.2 Å². The molecular weight excluding hydrogens is 333 g/mol. The molecule has 2 aromatic rings. The lowest BCUT2D eigenvalue weighted by molar-refractivity contribution is -0.125. The van der Waals surface area contributed by atoms with E-state index in [1.54, 1.807) is 29.6 Å². The summed E-state index contributed by atoms with van der Waals surface area (Å²) >= 11 is 0. The maximum Gasteiger partial charge on any atom is 0.405 e. The van der Waals surface area contributed by atoms with Crippen LogP contribution < -0.4 is 10.6 Å². The number of alkyl halides is 3. The third-order valence-corrected chi connectivity index (χ3v) is 2.66. The highest BCUT2D eigenvalue weighted by molar-refractivity contribution is 5.97. The van der Waals surface area contributed by atoms with E-state index in [1.165, 1.54) is 11.4 Å². The fourth-order valence-electron chi connectivity index (χ4n) is 1.67. The molecule has 0 saturated carbocycles. The first-order valence-corrected chi connectivity index (χ1v) is 6.55. The second-order valence-electron chi connectivity index (χ2n) is 4.57. The Hall–Kier alpha value is -3.04. The van der Waals surface area contributed by atoms with Gasteiger partial charge in [0.25, 0.3) is 5.91 Å². The lowest BCUT2D eigenvalue weighted by Gasteiger charge is -2.09. The van der Waals surface area contributed by atoms with E-state index < -0.39 is 37.2 Å². The zero-order chi connectivity index (χ0) is 17.7. The number of hydrogen-bond acceptors (Lipinski definition) is 5. The molecular formula is C14H11F3N2O5. The Morgan fingerprint density at radius 2 is 1.88 bits per heavy atom.